The standard InChI is InChI=1S/C4H5IO4/c6-4-2-1-3(2)5(7,8)9-4/h2-3H,1H2,(H,7,8). The molecule has 2 fully saturated rings. The van der Waals surface area contributed by atoms with Crippen LogP contribution in [0.1, 0.15) is 6.42 Å². The van der Waals surface area contributed by atoms with Gasteiger partial charge in [0.15, 0.2) is 0 Å². The van der Waals surface area contributed by atoms with Crippen molar-refractivity contribution in [1.29, 1.82) is 0 Å². The van der Waals surface area contributed by atoms with Crippen molar-refractivity contribution < 1.29 is 14.4 Å². The SMILES string of the molecule is O=C1OI(=O)(O)C2CC12. The molecule has 9 heavy (non-hydrogen) atoms. The van der Waals surface area contributed by atoms with E-state index >= 15 is 0 Å². The molecule has 1 aliphatic heterocycles. The summed E-state index contributed by atoms with van der Waals surface area (Å²) in [5, 5.41) is 0. The molecule has 1 aliphatic carbocycles. The topological polar surface area (TPSA) is 63.6 Å². The molecular weight excluding hydrogens is 239 g/mol. The average molecular weight is 244 g/mol. The van der Waals surface area contributed by atoms with Crippen molar-refractivity contribution in [2.75, 3.05) is 0 Å². The van der Waals surface area contributed by atoms with Crippen LogP contribution in [-0.2, 0) is 10.9 Å². The second kappa shape index (κ2) is 1.34. The summed E-state index contributed by atoms with van der Waals surface area (Å²) in [6.45, 7) is 0. The molecule has 1 heterocycles. The van der Waals surface area contributed by atoms with E-state index in [4.69, 9.17) is 3.44 Å². The van der Waals surface area contributed by atoms with Gasteiger partial charge in [-0.2, -0.15) is 0 Å². The summed E-state index contributed by atoms with van der Waals surface area (Å²) in [4.78, 5) is 10.5. The first-order valence-corrected chi connectivity index (χ1v) is 6.51. The summed E-state index contributed by atoms with van der Waals surface area (Å²) in [6.07, 6.45) is 0.579. The van der Waals surface area contributed by atoms with E-state index in [0.717, 1.165) is 0 Å². The van der Waals surface area contributed by atoms with Crippen LogP contribution in [0.3, 0.4) is 0 Å². The number of fused-ring (bicyclic) bond motifs is 1. The van der Waals surface area contributed by atoms with Gasteiger partial charge in [0.1, 0.15) is 0 Å². The van der Waals surface area contributed by atoms with E-state index in [9.17, 15) is 7.86 Å². The molecule has 4 nitrogen and oxygen atoms in total. The third kappa shape index (κ3) is 0.644. The monoisotopic (exact) mass is 244 g/mol. The number of halogens is 1. The summed E-state index contributed by atoms with van der Waals surface area (Å²) >= 11 is -4.13. The van der Waals surface area contributed by atoms with E-state index in [0.29, 0.717) is 6.42 Å². The van der Waals surface area contributed by atoms with Gasteiger partial charge in [-0.15, -0.1) is 0 Å². The van der Waals surface area contributed by atoms with Gasteiger partial charge in [-0.3, -0.25) is 0 Å². The van der Waals surface area contributed by atoms with Gasteiger partial charge in [-0.05, 0) is 0 Å². The fourth-order valence-corrected chi connectivity index (χ4v) is 4.79. The molecule has 0 aromatic heterocycles. The van der Waals surface area contributed by atoms with E-state index in [1.807, 2.05) is 0 Å². The fourth-order valence-electron chi connectivity index (χ4n) is 0.936. The number of carbonyl (C=O) groups excluding carboxylic acids is 1. The number of hydrogen-bond donors (Lipinski definition) is 1. The fraction of sp³-hybridized carbons (Fsp3) is 0.750. The Morgan fingerprint density at radius 3 is 2.56 bits per heavy atom. The zero-order chi connectivity index (χ0) is 6.65. The Kier molecular flexibility index (Phi) is 0.852. The molecular formula is C4H5IO4. The molecule has 0 aromatic rings. The summed E-state index contributed by atoms with van der Waals surface area (Å²) in [5.41, 5.74) is 0. The van der Waals surface area contributed by atoms with Gasteiger partial charge in [0.05, 0.1) is 0 Å². The average Bonchev–Trinajstić information content (AvgIpc) is 2.33. The number of hydrogen-bond acceptors (Lipinski definition) is 3. The van der Waals surface area contributed by atoms with Gasteiger partial charge in [-0.1, -0.05) is 0 Å². The van der Waals surface area contributed by atoms with Gasteiger partial charge in [-0.25, -0.2) is 0 Å². The molecule has 3 atom stereocenters. The van der Waals surface area contributed by atoms with Crippen LogP contribution < -0.4 is 0 Å². The second-order valence-corrected chi connectivity index (χ2v) is 6.99. The van der Waals surface area contributed by atoms with Crippen LogP contribution in [0.25, 0.3) is 0 Å². The van der Waals surface area contributed by atoms with E-state index in [2.05, 4.69) is 3.07 Å². The first-order valence-electron chi connectivity index (χ1n) is 2.54. The first kappa shape index (κ1) is 5.72. The van der Waals surface area contributed by atoms with Crippen molar-refractivity contribution in [2.24, 2.45) is 5.92 Å². The van der Waals surface area contributed by atoms with Crippen LogP contribution in [0.5, 0.6) is 0 Å². The summed E-state index contributed by atoms with van der Waals surface area (Å²) < 4.78 is 23.6. The Hall–Kier alpha value is -0.0400. The van der Waals surface area contributed by atoms with E-state index in [1.54, 1.807) is 0 Å². The number of rotatable bonds is 0. The molecule has 0 amide bonds. The molecule has 52 valence electrons. The van der Waals surface area contributed by atoms with Crippen LogP contribution >= 0.6 is 19.3 Å². The quantitative estimate of drug-likeness (QED) is 0.486. The van der Waals surface area contributed by atoms with Crippen LogP contribution in [-0.4, -0.2) is 13.3 Å². The van der Waals surface area contributed by atoms with Crippen LogP contribution in [0.15, 0.2) is 0 Å². The molecule has 1 saturated heterocycles. The van der Waals surface area contributed by atoms with E-state index < -0.39 is 25.2 Å². The molecule has 1 N–H and O–H groups in total. The minimum absolute atomic E-state index is 0.219. The van der Waals surface area contributed by atoms with Crippen molar-refractivity contribution in [3.05, 3.63) is 0 Å². The van der Waals surface area contributed by atoms with Gasteiger partial charge in [0.25, 0.3) is 0 Å². The summed E-state index contributed by atoms with van der Waals surface area (Å²) in [6, 6.07) is 0. The minimum atomic E-state index is -4.13. The maximum absolute atomic E-state index is 10.8. The second-order valence-electron chi connectivity index (χ2n) is 2.23. The molecule has 1 saturated carbocycles. The Morgan fingerprint density at radius 1 is 1.78 bits per heavy atom. The number of alkyl halides is 1. The van der Waals surface area contributed by atoms with Crippen molar-refractivity contribution in [2.45, 2.75) is 10.3 Å². The Labute approximate surface area is 56.2 Å². The van der Waals surface area contributed by atoms with Crippen molar-refractivity contribution in [3.8, 4) is 0 Å². The summed E-state index contributed by atoms with van der Waals surface area (Å²) in [5.74, 6) is -0.683. The van der Waals surface area contributed by atoms with Gasteiger partial charge in [0, 0.05) is 0 Å². The van der Waals surface area contributed by atoms with Gasteiger partial charge in [0.2, 0.25) is 0 Å². The molecule has 0 aromatic carbocycles. The molecule has 0 bridgehead atoms. The van der Waals surface area contributed by atoms with E-state index in [-0.39, 0.29) is 9.84 Å². The molecule has 3 unspecified atom stereocenters. The van der Waals surface area contributed by atoms with Crippen LogP contribution in [0, 0.1) is 5.92 Å². The zero-order valence-electron chi connectivity index (χ0n) is 4.41. The first-order chi connectivity index (χ1) is 4.11. The zero-order valence-corrected chi connectivity index (χ0v) is 6.57. The van der Waals surface area contributed by atoms with Crippen molar-refractivity contribution >= 4 is 25.2 Å². The molecule has 2 aliphatic rings. The Bertz CT molecular complexity index is 223. The van der Waals surface area contributed by atoms with Crippen molar-refractivity contribution in [1.82, 2.24) is 0 Å². The molecule has 0 radical (unpaired) electrons. The maximum atomic E-state index is 10.8. The third-order valence-corrected chi connectivity index (χ3v) is 6.02. The predicted octanol–water partition coefficient (Wildman–Crippen LogP) is 0.142. The molecule has 2 rings (SSSR count). The van der Waals surface area contributed by atoms with Crippen LogP contribution in [0.2, 0.25) is 0 Å². The van der Waals surface area contributed by atoms with E-state index in [1.165, 1.54) is 0 Å². The predicted molar refractivity (Wildman–Crippen MR) is 34.9 cm³/mol. The Morgan fingerprint density at radius 2 is 2.44 bits per heavy atom. The molecule has 5 heteroatoms. The number of carbonyl (C=O) groups is 1. The normalized spacial score (nSPS) is 61.7. The molecule has 0 spiro atoms. The van der Waals surface area contributed by atoms with Crippen LogP contribution in [0.4, 0.5) is 0 Å². The van der Waals surface area contributed by atoms with Crippen molar-refractivity contribution in [3.63, 3.8) is 0 Å². The Balaban J connectivity index is 2.37. The van der Waals surface area contributed by atoms with Gasteiger partial charge < -0.3 is 0 Å². The third-order valence-electron chi connectivity index (χ3n) is 1.56. The van der Waals surface area contributed by atoms with Gasteiger partial charge >= 0.3 is 55.8 Å². The summed E-state index contributed by atoms with van der Waals surface area (Å²) in [7, 11) is 0.